The number of anilines is 1. The minimum atomic E-state index is -1.79. The molecule has 2 heterocycles. The van der Waals surface area contributed by atoms with Crippen LogP contribution in [0.5, 0.6) is 0 Å². The second-order valence-electron chi connectivity index (χ2n) is 7.93. The van der Waals surface area contributed by atoms with E-state index in [-0.39, 0.29) is 23.2 Å². The average Bonchev–Trinajstić information content (AvgIpc) is 2.85. The summed E-state index contributed by atoms with van der Waals surface area (Å²) in [5.41, 5.74) is 9.79. The molecule has 0 spiro atoms. The Balaban J connectivity index is 1.73. The molecule has 1 fully saturated rings. The number of primary amides is 1. The summed E-state index contributed by atoms with van der Waals surface area (Å²) < 4.78 is 9.43. The number of benzene rings is 1. The zero-order valence-electron chi connectivity index (χ0n) is 19.4. The monoisotopic (exact) mass is 553 g/mol. The number of carbonyl (C=O) groups excluding carboxylic acids is 4. The minimum Gasteiger partial charge on any atom is -0.480 e. The van der Waals surface area contributed by atoms with Gasteiger partial charge in [-0.05, 0) is 17.7 Å². The molecule has 1 aromatic rings. The number of carboxylic acids is 2. The van der Waals surface area contributed by atoms with E-state index in [4.69, 9.17) is 26.0 Å². The van der Waals surface area contributed by atoms with Crippen molar-refractivity contribution in [2.24, 2.45) is 11.5 Å². The molecule has 0 aromatic heterocycles. The van der Waals surface area contributed by atoms with Crippen LogP contribution in [0.3, 0.4) is 0 Å². The zero-order chi connectivity index (χ0) is 28.1. The fourth-order valence-electron chi connectivity index (χ4n) is 3.47. The van der Waals surface area contributed by atoms with Crippen LogP contribution in [0.15, 0.2) is 35.5 Å². The number of fused-ring (bicyclic) bond motifs is 1. The van der Waals surface area contributed by atoms with Crippen LogP contribution in [0.1, 0.15) is 18.1 Å². The summed E-state index contributed by atoms with van der Waals surface area (Å²) in [4.78, 5) is 71.5. The Hall–Kier alpha value is -4.35. The second kappa shape index (κ2) is 11.8. The van der Waals surface area contributed by atoms with E-state index in [1.807, 2.05) is 0 Å². The van der Waals surface area contributed by atoms with Crippen LogP contribution in [0.25, 0.3) is 0 Å². The van der Waals surface area contributed by atoms with Crippen molar-refractivity contribution in [2.45, 2.75) is 29.3 Å². The molecule has 2 unspecified atom stereocenters. The first-order valence-corrected chi connectivity index (χ1v) is 11.7. The largest absolute Gasteiger partial charge is 0.480 e. The molecule has 1 saturated heterocycles. The Kier molecular flexibility index (Phi) is 8.76. The SMILES string of the molecule is NC(=O)OCC1=C(C(=O)O)N2C(=O)C[C@@H]2SC1NC(=O)C(O)c1cccc(NC(=O)OC[C@@H](N)C(=O)O)c1. The van der Waals surface area contributed by atoms with Crippen LogP contribution in [-0.2, 0) is 28.7 Å². The van der Waals surface area contributed by atoms with Gasteiger partial charge in [0.05, 0.1) is 11.8 Å². The van der Waals surface area contributed by atoms with Crippen LogP contribution in [-0.4, -0.2) is 86.2 Å². The number of hydrogen-bond acceptors (Lipinski definition) is 11. The molecule has 0 radical (unpaired) electrons. The standard InChI is InChI=1S/C21H23N5O11S/c22-11(18(30)31)7-37-21(35)24-9-3-1-2-8(4-9)15(28)16(29)25-17-10(6-36-20(23)34)14(19(32)33)26-12(27)5-13(26)38-17/h1-4,11,13,15,17,28H,5-7,22H2,(H2,23,34)(H,24,35)(H,25,29)(H,30,31)(H,32,33)/t11-,13+,15?,17?/m1/s1. The first-order chi connectivity index (χ1) is 17.9. The third-order valence-electron chi connectivity index (χ3n) is 5.31. The molecule has 2 aliphatic rings. The molecule has 2 aliphatic heterocycles. The van der Waals surface area contributed by atoms with E-state index < -0.39 is 77.7 Å². The molecular formula is C21H23N5O11S. The highest BCUT2D eigenvalue weighted by atomic mass is 32.2. The number of nitrogens with two attached hydrogens (primary N) is 2. The predicted molar refractivity (Wildman–Crippen MR) is 127 cm³/mol. The summed E-state index contributed by atoms with van der Waals surface area (Å²) >= 11 is 1.01. The number of carbonyl (C=O) groups is 6. The van der Waals surface area contributed by atoms with Crippen molar-refractivity contribution in [3.63, 3.8) is 0 Å². The van der Waals surface area contributed by atoms with Gasteiger partial charge in [-0.3, -0.25) is 24.6 Å². The van der Waals surface area contributed by atoms with Crippen LogP contribution in [0.2, 0.25) is 0 Å². The fourth-order valence-corrected chi connectivity index (χ4v) is 4.90. The topological polar surface area (TPSA) is 261 Å². The highest BCUT2D eigenvalue weighted by Gasteiger charge is 2.49. The number of amides is 4. The van der Waals surface area contributed by atoms with Gasteiger partial charge in [-0.2, -0.15) is 0 Å². The lowest BCUT2D eigenvalue weighted by Gasteiger charge is -2.46. The van der Waals surface area contributed by atoms with Gasteiger partial charge in [0, 0.05) is 11.3 Å². The third-order valence-corrected chi connectivity index (χ3v) is 6.68. The smallest absolute Gasteiger partial charge is 0.411 e. The van der Waals surface area contributed by atoms with Crippen LogP contribution < -0.4 is 22.1 Å². The van der Waals surface area contributed by atoms with E-state index in [9.17, 15) is 39.0 Å². The fraction of sp³-hybridized carbons (Fsp3) is 0.333. The number of aliphatic carboxylic acids is 2. The molecule has 0 saturated carbocycles. The molecule has 4 amide bonds. The van der Waals surface area contributed by atoms with E-state index >= 15 is 0 Å². The highest BCUT2D eigenvalue weighted by Crippen LogP contribution is 2.43. The van der Waals surface area contributed by atoms with E-state index in [1.165, 1.54) is 24.3 Å². The summed E-state index contributed by atoms with van der Waals surface area (Å²) in [7, 11) is 0. The lowest BCUT2D eigenvalue weighted by Crippen LogP contribution is -2.58. The number of ether oxygens (including phenoxy) is 2. The van der Waals surface area contributed by atoms with Crippen molar-refractivity contribution in [3.05, 3.63) is 41.1 Å². The van der Waals surface area contributed by atoms with Crippen molar-refractivity contribution in [3.8, 4) is 0 Å². The molecule has 16 nitrogen and oxygen atoms in total. The number of nitrogens with one attached hydrogen (secondary N) is 2. The summed E-state index contributed by atoms with van der Waals surface area (Å²) in [5.74, 6) is -4.28. The first kappa shape index (κ1) is 28.2. The molecule has 38 heavy (non-hydrogen) atoms. The number of hydrogen-bond donors (Lipinski definition) is 7. The molecule has 0 bridgehead atoms. The van der Waals surface area contributed by atoms with Gasteiger partial charge in [0.2, 0.25) is 5.91 Å². The van der Waals surface area contributed by atoms with Gasteiger partial charge in [0.15, 0.2) is 6.10 Å². The average molecular weight is 554 g/mol. The van der Waals surface area contributed by atoms with Crippen molar-refractivity contribution in [2.75, 3.05) is 18.5 Å². The molecule has 1 aromatic carbocycles. The molecular weight excluding hydrogens is 530 g/mol. The second-order valence-corrected chi connectivity index (χ2v) is 9.22. The summed E-state index contributed by atoms with van der Waals surface area (Å²) in [5, 5.41) is 32.1. The first-order valence-electron chi connectivity index (χ1n) is 10.8. The van der Waals surface area contributed by atoms with Gasteiger partial charge < -0.3 is 41.6 Å². The molecule has 3 rings (SSSR count). The quantitative estimate of drug-likeness (QED) is 0.169. The Morgan fingerprint density at radius 2 is 1.89 bits per heavy atom. The van der Waals surface area contributed by atoms with Gasteiger partial charge in [0.1, 0.15) is 30.3 Å². The highest BCUT2D eigenvalue weighted by molar-refractivity contribution is 8.00. The van der Waals surface area contributed by atoms with Crippen LogP contribution in [0, 0.1) is 0 Å². The number of β-lactam (4-membered cyclic amide) rings is 1. The van der Waals surface area contributed by atoms with Gasteiger partial charge in [0.25, 0.3) is 5.91 Å². The molecule has 204 valence electrons. The summed E-state index contributed by atoms with van der Waals surface area (Å²) in [6, 6.07) is 4.02. The van der Waals surface area contributed by atoms with Crippen molar-refractivity contribution in [1.29, 1.82) is 0 Å². The van der Waals surface area contributed by atoms with Crippen molar-refractivity contribution in [1.82, 2.24) is 10.2 Å². The summed E-state index contributed by atoms with van der Waals surface area (Å²) in [6.07, 6.45) is -4.01. The van der Waals surface area contributed by atoms with Crippen molar-refractivity contribution >= 4 is 53.4 Å². The maximum atomic E-state index is 12.9. The Bertz CT molecular complexity index is 1210. The van der Waals surface area contributed by atoms with Gasteiger partial charge >= 0.3 is 24.1 Å². The molecule has 4 atom stereocenters. The summed E-state index contributed by atoms with van der Waals surface area (Å²) in [6.45, 7) is -1.23. The molecule has 17 heteroatoms. The van der Waals surface area contributed by atoms with E-state index in [0.29, 0.717) is 0 Å². The number of aliphatic hydroxyl groups is 1. The van der Waals surface area contributed by atoms with Gasteiger partial charge in [-0.25, -0.2) is 14.4 Å². The molecule has 0 aliphatic carbocycles. The number of carboxylic acid groups (broad SMARTS) is 2. The maximum Gasteiger partial charge on any atom is 0.411 e. The maximum absolute atomic E-state index is 12.9. The number of aliphatic hydroxyl groups excluding tert-OH is 1. The Morgan fingerprint density at radius 3 is 2.50 bits per heavy atom. The van der Waals surface area contributed by atoms with E-state index in [1.54, 1.807) is 0 Å². The van der Waals surface area contributed by atoms with E-state index in [2.05, 4.69) is 10.6 Å². The predicted octanol–water partition coefficient (Wildman–Crippen LogP) is -1.14. The number of nitrogens with zero attached hydrogens (tertiary/aromatic N) is 1. The van der Waals surface area contributed by atoms with Crippen molar-refractivity contribution < 1.29 is 53.6 Å². The number of thioether (sulfide) groups is 1. The van der Waals surface area contributed by atoms with Crippen LogP contribution in [0.4, 0.5) is 15.3 Å². The number of rotatable bonds is 10. The van der Waals surface area contributed by atoms with Crippen LogP contribution >= 0.6 is 11.8 Å². The van der Waals surface area contributed by atoms with Gasteiger partial charge in [-0.15, -0.1) is 11.8 Å². The third kappa shape index (κ3) is 6.50. The lowest BCUT2D eigenvalue weighted by atomic mass is 10.1. The van der Waals surface area contributed by atoms with E-state index in [0.717, 1.165) is 16.7 Å². The normalized spacial score (nSPS) is 19.8. The molecule has 9 N–H and O–H groups in total. The minimum absolute atomic E-state index is 0.0154. The Labute approximate surface area is 217 Å². The lowest BCUT2D eigenvalue weighted by molar-refractivity contribution is -0.146. The zero-order valence-corrected chi connectivity index (χ0v) is 20.2. The van der Waals surface area contributed by atoms with Gasteiger partial charge in [-0.1, -0.05) is 12.1 Å². The Morgan fingerprint density at radius 1 is 1.18 bits per heavy atom.